The third-order valence-electron chi connectivity index (χ3n) is 2.24. The van der Waals surface area contributed by atoms with Gasteiger partial charge in [0.1, 0.15) is 10.1 Å². The summed E-state index contributed by atoms with van der Waals surface area (Å²) in [4.78, 5) is 0. The van der Waals surface area contributed by atoms with E-state index in [-0.39, 0.29) is 6.54 Å². The van der Waals surface area contributed by atoms with Gasteiger partial charge in [0.05, 0.1) is 10.8 Å². The molecule has 0 atom stereocenters. The zero-order valence-electron chi connectivity index (χ0n) is 8.71. The zero-order valence-corrected chi connectivity index (χ0v) is 10.3. The fourth-order valence-electron chi connectivity index (χ4n) is 1.43. The van der Waals surface area contributed by atoms with E-state index in [0.717, 1.165) is 5.39 Å². The van der Waals surface area contributed by atoms with Gasteiger partial charge in [-0.15, -0.1) is 0 Å². The number of aromatic nitrogens is 2. The maximum Gasteiger partial charge on any atom is 0.196 e. The minimum Gasteiger partial charge on any atom is -0.748 e. The fraction of sp³-hybridized carbons (Fsp3) is 0.200. The Kier molecular flexibility index (Phi) is 3.28. The van der Waals surface area contributed by atoms with Gasteiger partial charge in [0.2, 0.25) is 0 Å². The highest BCUT2D eigenvalue weighted by Gasteiger charge is 2.09. The van der Waals surface area contributed by atoms with Gasteiger partial charge in [-0.2, -0.15) is 0 Å². The van der Waals surface area contributed by atoms with E-state index in [9.17, 15) is 13.0 Å². The second-order valence-electron chi connectivity index (χ2n) is 3.52. The van der Waals surface area contributed by atoms with E-state index in [2.05, 4.69) is 5.10 Å². The Morgan fingerprint density at radius 3 is 2.82 bits per heavy atom. The standard InChI is InChI=1S/C10H9ClN2O3S/c11-9-3-1-2-8-4-5-13(12-10(8)9)6-7-17(14,15)16/h1-5H,6-7H2. The van der Waals surface area contributed by atoms with Gasteiger partial charge in [0.15, 0.2) is 18.3 Å². The minimum atomic E-state index is -4.23. The molecule has 0 unspecified atom stereocenters. The van der Waals surface area contributed by atoms with E-state index in [4.69, 9.17) is 11.6 Å². The number of halogens is 1. The first-order valence-electron chi connectivity index (χ1n) is 4.84. The SMILES string of the molecule is O=S(=O)([O-])CC[n+]1ccc2cccc(Cl)c2n1. The summed E-state index contributed by atoms with van der Waals surface area (Å²) in [6.07, 6.45) is 1.61. The molecule has 0 N–H and O–H groups in total. The summed E-state index contributed by atoms with van der Waals surface area (Å²) >= 11 is 5.96. The van der Waals surface area contributed by atoms with Crippen LogP contribution in [0.2, 0.25) is 5.02 Å². The Hall–Kier alpha value is -1.24. The summed E-state index contributed by atoms with van der Waals surface area (Å²) in [7, 11) is -4.23. The maximum atomic E-state index is 10.5. The van der Waals surface area contributed by atoms with Gasteiger partial charge in [-0.05, 0) is 6.07 Å². The van der Waals surface area contributed by atoms with Crippen LogP contribution in [0.15, 0.2) is 30.5 Å². The molecule has 0 aliphatic heterocycles. The molecule has 5 nitrogen and oxygen atoms in total. The molecule has 0 radical (unpaired) electrons. The molecule has 1 aromatic heterocycles. The van der Waals surface area contributed by atoms with Crippen molar-refractivity contribution in [2.45, 2.75) is 6.54 Å². The summed E-state index contributed by atoms with van der Waals surface area (Å²) in [5, 5.41) is 5.51. The zero-order chi connectivity index (χ0) is 12.5. The third-order valence-corrected chi connectivity index (χ3v) is 3.23. The lowest BCUT2D eigenvalue weighted by atomic mass is 10.2. The number of nitrogens with zero attached hydrogens (tertiary/aromatic N) is 2. The van der Waals surface area contributed by atoms with Crippen molar-refractivity contribution in [1.82, 2.24) is 5.10 Å². The predicted molar refractivity (Wildman–Crippen MR) is 61.5 cm³/mol. The molecule has 0 saturated heterocycles. The van der Waals surface area contributed by atoms with Gasteiger partial charge < -0.3 is 4.55 Å². The first-order chi connectivity index (χ1) is 7.96. The Labute approximate surface area is 103 Å². The lowest BCUT2D eigenvalue weighted by Gasteiger charge is -2.03. The second kappa shape index (κ2) is 4.56. The van der Waals surface area contributed by atoms with Crippen LogP contribution >= 0.6 is 11.6 Å². The lowest BCUT2D eigenvalue weighted by Crippen LogP contribution is -2.40. The number of aryl methyl sites for hydroxylation is 1. The Morgan fingerprint density at radius 1 is 1.35 bits per heavy atom. The van der Waals surface area contributed by atoms with Gasteiger partial charge in [-0.25, -0.2) is 8.42 Å². The van der Waals surface area contributed by atoms with Crippen molar-refractivity contribution in [3.05, 3.63) is 35.5 Å². The Bertz CT molecular complexity index is 658. The molecule has 1 aromatic carbocycles. The minimum absolute atomic E-state index is 0.0208. The monoisotopic (exact) mass is 272 g/mol. The molecule has 2 aromatic rings. The summed E-state index contributed by atoms with van der Waals surface area (Å²) < 4.78 is 32.9. The van der Waals surface area contributed by atoms with E-state index >= 15 is 0 Å². The van der Waals surface area contributed by atoms with E-state index in [1.807, 2.05) is 6.07 Å². The van der Waals surface area contributed by atoms with Crippen LogP contribution in [0, 0.1) is 0 Å². The molecule has 17 heavy (non-hydrogen) atoms. The predicted octanol–water partition coefficient (Wildman–Crippen LogP) is 0.721. The molecule has 0 aliphatic rings. The molecule has 90 valence electrons. The molecule has 0 spiro atoms. The molecule has 0 bridgehead atoms. The van der Waals surface area contributed by atoms with Crippen molar-refractivity contribution in [3.63, 3.8) is 0 Å². The molecule has 0 fully saturated rings. The van der Waals surface area contributed by atoms with Crippen LogP contribution in [0.1, 0.15) is 0 Å². The Morgan fingerprint density at radius 2 is 2.12 bits per heavy atom. The normalized spacial score (nSPS) is 11.9. The molecule has 0 saturated carbocycles. The topological polar surface area (TPSA) is 74.0 Å². The van der Waals surface area contributed by atoms with Gasteiger partial charge in [0, 0.05) is 16.6 Å². The summed E-state index contributed by atoms with van der Waals surface area (Å²) in [5.74, 6) is -0.485. The smallest absolute Gasteiger partial charge is 0.196 e. The second-order valence-corrected chi connectivity index (χ2v) is 5.45. The maximum absolute atomic E-state index is 10.5. The van der Waals surface area contributed by atoms with Crippen LogP contribution in [0.3, 0.4) is 0 Å². The van der Waals surface area contributed by atoms with Gasteiger partial charge in [-0.3, -0.25) is 0 Å². The highest BCUT2D eigenvalue weighted by Crippen LogP contribution is 2.18. The van der Waals surface area contributed by atoms with Gasteiger partial charge >= 0.3 is 0 Å². The number of hydrogen-bond donors (Lipinski definition) is 0. The number of benzene rings is 1. The first-order valence-corrected chi connectivity index (χ1v) is 6.80. The van der Waals surface area contributed by atoms with Crippen molar-refractivity contribution in [2.24, 2.45) is 0 Å². The van der Waals surface area contributed by atoms with E-state index in [0.29, 0.717) is 10.5 Å². The molecule has 2 rings (SSSR count). The van der Waals surface area contributed by atoms with Crippen LogP contribution < -0.4 is 4.68 Å². The van der Waals surface area contributed by atoms with E-state index < -0.39 is 15.9 Å². The van der Waals surface area contributed by atoms with Crippen LogP contribution in [0.5, 0.6) is 0 Å². The van der Waals surface area contributed by atoms with Crippen molar-refractivity contribution in [3.8, 4) is 0 Å². The number of rotatable bonds is 3. The molecule has 7 heteroatoms. The van der Waals surface area contributed by atoms with E-state index in [1.54, 1.807) is 24.4 Å². The Balaban J connectivity index is 2.34. The lowest BCUT2D eigenvalue weighted by molar-refractivity contribution is -0.747. The highest BCUT2D eigenvalue weighted by atomic mass is 35.5. The fourth-order valence-corrected chi connectivity index (χ4v) is 2.06. The van der Waals surface area contributed by atoms with Gasteiger partial charge in [0.25, 0.3) is 0 Å². The molecular formula is C10H9ClN2O3S. The van der Waals surface area contributed by atoms with Gasteiger partial charge in [-0.1, -0.05) is 28.4 Å². The summed E-state index contributed by atoms with van der Waals surface area (Å²) in [5.41, 5.74) is 0.583. The van der Waals surface area contributed by atoms with Crippen molar-refractivity contribution in [2.75, 3.05) is 5.75 Å². The summed E-state index contributed by atoms with van der Waals surface area (Å²) in [6, 6.07) is 7.12. The van der Waals surface area contributed by atoms with Crippen molar-refractivity contribution in [1.29, 1.82) is 0 Å². The van der Waals surface area contributed by atoms with Crippen LogP contribution in [0.4, 0.5) is 0 Å². The number of hydrogen-bond acceptors (Lipinski definition) is 4. The molecule has 1 heterocycles. The quantitative estimate of drug-likeness (QED) is 0.610. The van der Waals surface area contributed by atoms with Crippen LogP contribution in [0.25, 0.3) is 10.9 Å². The van der Waals surface area contributed by atoms with Crippen molar-refractivity contribution < 1.29 is 17.7 Å². The molecular weight excluding hydrogens is 264 g/mol. The third kappa shape index (κ3) is 3.12. The largest absolute Gasteiger partial charge is 0.748 e. The van der Waals surface area contributed by atoms with Crippen LogP contribution in [-0.2, 0) is 16.7 Å². The average molecular weight is 273 g/mol. The van der Waals surface area contributed by atoms with Crippen LogP contribution in [-0.4, -0.2) is 23.8 Å². The first kappa shape index (κ1) is 12.2. The molecule has 0 aliphatic carbocycles. The average Bonchev–Trinajstić information content (AvgIpc) is 2.26. The van der Waals surface area contributed by atoms with Crippen molar-refractivity contribution >= 4 is 32.6 Å². The highest BCUT2D eigenvalue weighted by molar-refractivity contribution is 7.85. The van der Waals surface area contributed by atoms with E-state index in [1.165, 1.54) is 4.68 Å². The summed E-state index contributed by atoms with van der Waals surface area (Å²) in [6.45, 7) is 0.0208. The number of fused-ring (bicyclic) bond motifs is 1. The molecule has 0 amide bonds.